The molecule has 28 heavy (non-hydrogen) atoms. The third kappa shape index (κ3) is 6.66. The number of aliphatic hydroxyl groups is 1. The summed E-state index contributed by atoms with van der Waals surface area (Å²) in [5.41, 5.74) is 3.74. The number of benzene rings is 2. The van der Waals surface area contributed by atoms with Gasteiger partial charge >= 0.3 is 0 Å². The van der Waals surface area contributed by atoms with Gasteiger partial charge < -0.3 is 15.7 Å². The van der Waals surface area contributed by atoms with E-state index in [1.165, 1.54) is 11.1 Å². The maximum Gasteiger partial charge on any atom is 0.191 e. The molecule has 5 heteroatoms. The number of guanidine groups is 1. The van der Waals surface area contributed by atoms with E-state index in [0.717, 1.165) is 31.2 Å². The van der Waals surface area contributed by atoms with Crippen molar-refractivity contribution in [3.63, 3.8) is 0 Å². The predicted molar refractivity (Wildman–Crippen MR) is 118 cm³/mol. The molecule has 3 N–H and O–H groups in total. The summed E-state index contributed by atoms with van der Waals surface area (Å²) in [6, 6.07) is 18.6. The van der Waals surface area contributed by atoms with Crippen molar-refractivity contribution in [3.05, 3.63) is 71.3 Å². The fraction of sp³-hybridized carbons (Fsp3) is 0.435. The van der Waals surface area contributed by atoms with Crippen molar-refractivity contribution in [2.75, 3.05) is 33.3 Å². The Morgan fingerprint density at radius 2 is 1.61 bits per heavy atom. The minimum absolute atomic E-state index is 0.0368. The Labute approximate surface area is 169 Å². The van der Waals surface area contributed by atoms with E-state index in [1.807, 2.05) is 30.3 Å². The van der Waals surface area contributed by atoms with Crippen molar-refractivity contribution in [2.24, 2.45) is 4.99 Å². The summed E-state index contributed by atoms with van der Waals surface area (Å²) in [6.45, 7) is 8.87. The normalized spacial score (nSPS) is 12.8. The number of aliphatic imine (C=N–C) groups is 1. The molecular formula is C23H34N4O. The Bertz CT molecular complexity index is 714. The molecule has 5 nitrogen and oxygen atoms in total. The molecule has 2 rings (SSSR count). The number of aliphatic hydroxyl groups excluding tert-OH is 1. The molecule has 0 saturated heterocycles. The van der Waals surface area contributed by atoms with Gasteiger partial charge in [0.25, 0.3) is 0 Å². The highest BCUT2D eigenvalue weighted by Crippen LogP contribution is 2.14. The minimum Gasteiger partial charge on any atom is -0.396 e. The molecule has 0 amide bonds. The maximum atomic E-state index is 9.74. The first-order valence-corrected chi connectivity index (χ1v) is 10.1. The summed E-state index contributed by atoms with van der Waals surface area (Å²) in [5, 5.41) is 16.5. The molecule has 2 aromatic carbocycles. The van der Waals surface area contributed by atoms with Crippen LogP contribution in [0.15, 0.2) is 59.6 Å². The van der Waals surface area contributed by atoms with Gasteiger partial charge in [-0.3, -0.25) is 9.89 Å². The highest BCUT2D eigenvalue weighted by molar-refractivity contribution is 5.79. The average molecular weight is 383 g/mol. The fourth-order valence-electron chi connectivity index (χ4n) is 3.20. The summed E-state index contributed by atoms with van der Waals surface area (Å²) < 4.78 is 0. The number of nitrogens with one attached hydrogen (secondary N) is 2. The Morgan fingerprint density at radius 3 is 2.21 bits per heavy atom. The topological polar surface area (TPSA) is 59.9 Å². The van der Waals surface area contributed by atoms with E-state index in [1.54, 1.807) is 7.05 Å². The summed E-state index contributed by atoms with van der Waals surface area (Å²) in [4.78, 5) is 6.74. The third-order valence-corrected chi connectivity index (χ3v) is 5.08. The average Bonchev–Trinajstić information content (AvgIpc) is 2.76. The van der Waals surface area contributed by atoms with Gasteiger partial charge in [-0.1, -0.05) is 68.4 Å². The number of hydrogen-bond acceptors (Lipinski definition) is 3. The number of rotatable bonds is 10. The van der Waals surface area contributed by atoms with Gasteiger partial charge in [0.05, 0.1) is 6.61 Å². The second kappa shape index (κ2) is 12.2. The molecule has 0 radical (unpaired) electrons. The minimum atomic E-state index is 0.0368. The zero-order chi connectivity index (χ0) is 20.2. The van der Waals surface area contributed by atoms with Crippen LogP contribution in [-0.4, -0.2) is 49.3 Å². The molecule has 1 unspecified atom stereocenters. The summed E-state index contributed by atoms with van der Waals surface area (Å²) in [7, 11) is 1.77. The van der Waals surface area contributed by atoms with Gasteiger partial charge in [-0.2, -0.15) is 0 Å². The number of nitrogens with zero attached hydrogens (tertiary/aromatic N) is 2. The van der Waals surface area contributed by atoms with Crippen molar-refractivity contribution in [2.45, 2.75) is 32.9 Å². The Balaban J connectivity index is 1.94. The zero-order valence-electron chi connectivity index (χ0n) is 17.4. The van der Waals surface area contributed by atoms with Crippen LogP contribution in [0.25, 0.3) is 0 Å². The SMILES string of the molecule is CCN(CC)Cc1ccccc1CNC(=NC)NCC(CO)c1ccccc1. The lowest BCUT2D eigenvalue weighted by Gasteiger charge is -2.21. The lowest BCUT2D eigenvalue weighted by atomic mass is 10.0. The van der Waals surface area contributed by atoms with Gasteiger partial charge in [0.15, 0.2) is 5.96 Å². The van der Waals surface area contributed by atoms with Crippen LogP contribution in [0.4, 0.5) is 0 Å². The molecule has 0 heterocycles. The van der Waals surface area contributed by atoms with Crippen LogP contribution in [0.3, 0.4) is 0 Å². The molecule has 0 aliphatic rings. The maximum absolute atomic E-state index is 9.74. The van der Waals surface area contributed by atoms with Crippen molar-refractivity contribution < 1.29 is 5.11 Å². The van der Waals surface area contributed by atoms with Crippen LogP contribution in [0.2, 0.25) is 0 Å². The molecule has 0 bridgehead atoms. The Kier molecular flexibility index (Phi) is 9.52. The third-order valence-electron chi connectivity index (χ3n) is 5.08. The van der Waals surface area contributed by atoms with Crippen LogP contribution in [-0.2, 0) is 13.1 Å². The number of hydrogen-bond donors (Lipinski definition) is 3. The van der Waals surface area contributed by atoms with E-state index in [0.29, 0.717) is 13.1 Å². The van der Waals surface area contributed by atoms with E-state index in [9.17, 15) is 5.11 Å². The molecule has 0 aromatic heterocycles. The van der Waals surface area contributed by atoms with Gasteiger partial charge in [-0.15, -0.1) is 0 Å². The van der Waals surface area contributed by atoms with E-state index < -0.39 is 0 Å². The molecule has 0 aliphatic heterocycles. The monoisotopic (exact) mass is 382 g/mol. The van der Waals surface area contributed by atoms with E-state index in [-0.39, 0.29) is 12.5 Å². The standard InChI is InChI=1S/C23H34N4O/c1-4-27(5-2)17-21-14-10-9-13-20(21)15-25-23(24-3)26-16-22(18-28)19-11-7-6-8-12-19/h6-14,22,28H,4-5,15-18H2,1-3H3,(H2,24,25,26). The molecule has 0 fully saturated rings. The van der Waals surface area contributed by atoms with Gasteiger partial charge in [0, 0.05) is 32.6 Å². The fourth-order valence-corrected chi connectivity index (χ4v) is 3.20. The van der Waals surface area contributed by atoms with Crippen LogP contribution in [0, 0.1) is 0 Å². The van der Waals surface area contributed by atoms with E-state index >= 15 is 0 Å². The highest BCUT2D eigenvalue weighted by Gasteiger charge is 2.11. The summed E-state index contributed by atoms with van der Waals surface area (Å²) in [5.74, 6) is 0.779. The van der Waals surface area contributed by atoms with E-state index in [4.69, 9.17) is 0 Å². The van der Waals surface area contributed by atoms with Gasteiger partial charge in [-0.25, -0.2) is 0 Å². The van der Waals surface area contributed by atoms with Gasteiger partial charge in [0.1, 0.15) is 0 Å². The predicted octanol–water partition coefficient (Wildman–Crippen LogP) is 2.97. The molecule has 0 aliphatic carbocycles. The molecule has 1 atom stereocenters. The first-order chi connectivity index (χ1) is 13.7. The van der Waals surface area contributed by atoms with Crippen LogP contribution in [0.1, 0.15) is 36.5 Å². The lowest BCUT2D eigenvalue weighted by Crippen LogP contribution is -2.39. The van der Waals surface area contributed by atoms with Gasteiger partial charge in [0.2, 0.25) is 0 Å². The first-order valence-electron chi connectivity index (χ1n) is 10.1. The van der Waals surface area contributed by atoms with Crippen LogP contribution < -0.4 is 10.6 Å². The molecule has 2 aromatic rings. The second-order valence-corrected chi connectivity index (χ2v) is 6.83. The first kappa shape index (κ1) is 21.9. The Hall–Kier alpha value is -2.37. The second-order valence-electron chi connectivity index (χ2n) is 6.83. The molecule has 152 valence electrons. The van der Waals surface area contributed by atoms with Crippen LogP contribution in [0.5, 0.6) is 0 Å². The molecule has 0 saturated carbocycles. The van der Waals surface area contributed by atoms with Crippen molar-refractivity contribution in [1.82, 2.24) is 15.5 Å². The molecular weight excluding hydrogens is 348 g/mol. The summed E-state index contributed by atoms with van der Waals surface area (Å²) in [6.07, 6.45) is 0. The van der Waals surface area contributed by atoms with Crippen LogP contribution >= 0.6 is 0 Å². The summed E-state index contributed by atoms with van der Waals surface area (Å²) >= 11 is 0. The lowest BCUT2D eigenvalue weighted by molar-refractivity contribution is 0.265. The largest absolute Gasteiger partial charge is 0.396 e. The van der Waals surface area contributed by atoms with Gasteiger partial charge in [-0.05, 0) is 29.8 Å². The smallest absolute Gasteiger partial charge is 0.191 e. The quantitative estimate of drug-likeness (QED) is 0.437. The van der Waals surface area contributed by atoms with Crippen molar-refractivity contribution in [3.8, 4) is 0 Å². The van der Waals surface area contributed by atoms with Crippen molar-refractivity contribution >= 4 is 5.96 Å². The Morgan fingerprint density at radius 1 is 0.964 bits per heavy atom. The van der Waals surface area contributed by atoms with E-state index in [2.05, 4.69) is 58.6 Å². The zero-order valence-corrected chi connectivity index (χ0v) is 17.4. The van der Waals surface area contributed by atoms with Crippen molar-refractivity contribution in [1.29, 1.82) is 0 Å². The molecule has 0 spiro atoms. The highest BCUT2D eigenvalue weighted by atomic mass is 16.3.